The van der Waals surface area contributed by atoms with Crippen LogP contribution in [0.5, 0.6) is 0 Å². The third-order valence-electron chi connectivity index (χ3n) is 3.12. The number of hydrogen-bond acceptors (Lipinski definition) is 3. The maximum Gasteiger partial charge on any atom is 0.316 e. The van der Waals surface area contributed by atoms with Gasteiger partial charge in [0.15, 0.2) is 0 Å². The van der Waals surface area contributed by atoms with Crippen molar-refractivity contribution in [3.05, 3.63) is 0 Å². The number of esters is 1. The molecule has 1 saturated carbocycles. The molecule has 0 bridgehead atoms. The van der Waals surface area contributed by atoms with E-state index in [0.717, 1.165) is 12.8 Å². The van der Waals surface area contributed by atoms with Crippen LogP contribution in [0.1, 0.15) is 46.5 Å². The fraction of sp³-hybridized carbons (Fsp3) is 0.833. The molecule has 0 aromatic carbocycles. The van der Waals surface area contributed by atoms with Crippen molar-refractivity contribution in [2.75, 3.05) is 6.61 Å². The zero-order valence-electron chi connectivity index (χ0n) is 9.84. The lowest BCUT2D eigenvalue weighted by Gasteiger charge is -2.21. The number of rotatable bonds is 2. The molecule has 0 saturated heterocycles. The van der Waals surface area contributed by atoms with Crippen molar-refractivity contribution in [1.29, 1.82) is 0 Å². The number of carbonyl (C=O) groups is 2. The molecular formula is C12H20O3. The van der Waals surface area contributed by atoms with Crippen molar-refractivity contribution in [2.45, 2.75) is 46.5 Å². The van der Waals surface area contributed by atoms with Gasteiger partial charge < -0.3 is 4.74 Å². The van der Waals surface area contributed by atoms with Crippen molar-refractivity contribution < 1.29 is 14.3 Å². The Morgan fingerprint density at radius 1 is 1.47 bits per heavy atom. The second-order valence-corrected chi connectivity index (χ2v) is 4.97. The Morgan fingerprint density at radius 2 is 2.13 bits per heavy atom. The van der Waals surface area contributed by atoms with Crippen LogP contribution in [-0.4, -0.2) is 18.4 Å². The zero-order chi connectivity index (χ0) is 11.5. The maximum absolute atomic E-state index is 11.7. The monoisotopic (exact) mass is 212 g/mol. The van der Waals surface area contributed by atoms with Gasteiger partial charge in [-0.15, -0.1) is 0 Å². The molecule has 0 aromatic heterocycles. The van der Waals surface area contributed by atoms with Gasteiger partial charge in [-0.1, -0.05) is 13.8 Å². The highest BCUT2D eigenvalue weighted by molar-refractivity contribution is 5.99. The quantitative estimate of drug-likeness (QED) is 0.401. The van der Waals surface area contributed by atoms with E-state index in [9.17, 15) is 9.59 Å². The summed E-state index contributed by atoms with van der Waals surface area (Å²) in [7, 11) is 0. The van der Waals surface area contributed by atoms with E-state index in [-0.39, 0.29) is 17.2 Å². The zero-order valence-corrected chi connectivity index (χ0v) is 9.84. The Bertz CT molecular complexity index is 256. The van der Waals surface area contributed by atoms with Gasteiger partial charge in [-0.3, -0.25) is 9.59 Å². The molecule has 86 valence electrons. The molecule has 1 aliphatic carbocycles. The highest BCUT2D eigenvalue weighted by Gasteiger charge is 2.34. The summed E-state index contributed by atoms with van der Waals surface area (Å²) in [4.78, 5) is 23.2. The molecule has 15 heavy (non-hydrogen) atoms. The number of ether oxygens (including phenoxy) is 1. The largest absolute Gasteiger partial charge is 0.465 e. The Balaban J connectivity index is 2.65. The summed E-state index contributed by atoms with van der Waals surface area (Å²) in [5, 5.41) is 0. The van der Waals surface area contributed by atoms with Gasteiger partial charge in [0.05, 0.1) is 6.61 Å². The highest BCUT2D eigenvalue weighted by atomic mass is 16.5. The molecular weight excluding hydrogens is 192 g/mol. The van der Waals surface area contributed by atoms with Crippen LogP contribution in [0.25, 0.3) is 0 Å². The number of ketones is 1. The number of carbonyl (C=O) groups excluding carboxylic acids is 2. The lowest BCUT2D eigenvalue weighted by Crippen LogP contribution is -2.25. The van der Waals surface area contributed by atoms with Crippen LogP contribution in [0.15, 0.2) is 0 Å². The molecule has 1 aliphatic rings. The fourth-order valence-corrected chi connectivity index (χ4v) is 1.95. The first-order valence-electron chi connectivity index (χ1n) is 5.65. The summed E-state index contributed by atoms with van der Waals surface area (Å²) in [6.45, 7) is 6.41. The van der Waals surface area contributed by atoms with Crippen LogP contribution in [0.3, 0.4) is 0 Å². The smallest absolute Gasteiger partial charge is 0.316 e. The van der Waals surface area contributed by atoms with Crippen LogP contribution >= 0.6 is 0 Å². The van der Waals surface area contributed by atoms with Crippen molar-refractivity contribution in [3.8, 4) is 0 Å². The van der Waals surface area contributed by atoms with E-state index in [2.05, 4.69) is 13.8 Å². The van der Waals surface area contributed by atoms with Gasteiger partial charge in [-0.05, 0) is 31.6 Å². The Kier molecular flexibility index (Phi) is 3.89. The average Bonchev–Trinajstić information content (AvgIpc) is 2.27. The highest BCUT2D eigenvalue weighted by Crippen LogP contribution is 2.34. The summed E-state index contributed by atoms with van der Waals surface area (Å²) < 4.78 is 4.92. The molecule has 0 amide bonds. The Morgan fingerprint density at radius 3 is 2.73 bits per heavy atom. The predicted octanol–water partition coefficient (Wildman–Crippen LogP) is 2.33. The minimum atomic E-state index is -0.508. The first-order valence-corrected chi connectivity index (χ1v) is 5.65. The van der Waals surface area contributed by atoms with Gasteiger partial charge in [0.25, 0.3) is 0 Å². The van der Waals surface area contributed by atoms with Gasteiger partial charge in [-0.25, -0.2) is 0 Å². The van der Waals surface area contributed by atoms with Gasteiger partial charge in [-0.2, -0.15) is 0 Å². The normalized spacial score (nSPS) is 25.8. The molecule has 3 heteroatoms. The summed E-state index contributed by atoms with van der Waals surface area (Å²) in [6, 6.07) is 0. The third kappa shape index (κ3) is 3.33. The molecule has 0 aromatic rings. The van der Waals surface area contributed by atoms with Gasteiger partial charge in [0.1, 0.15) is 11.7 Å². The second-order valence-electron chi connectivity index (χ2n) is 4.97. The van der Waals surface area contributed by atoms with Crippen LogP contribution in [-0.2, 0) is 14.3 Å². The minimum absolute atomic E-state index is 0.0547. The second kappa shape index (κ2) is 4.77. The number of Topliss-reactive ketones (excluding diaryl/α,β-unsaturated/α-hetero) is 1. The topological polar surface area (TPSA) is 43.4 Å². The molecule has 0 heterocycles. The van der Waals surface area contributed by atoms with E-state index in [1.54, 1.807) is 6.92 Å². The summed E-state index contributed by atoms with van der Waals surface area (Å²) in [5.41, 5.74) is 0.177. The van der Waals surface area contributed by atoms with Gasteiger partial charge >= 0.3 is 5.97 Å². The van der Waals surface area contributed by atoms with Crippen LogP contribution in [0.2, 0.25) is 0 Å². The van der Waals surface area contributed by atoms with Gasteiger partial charge in [0, 0.05) is 6.42 Å². The van der Waals surface area contributed by atoms with E-state index in [1.807, 2.05) is 0 Å². The van der Waals surface area contributed by atoms with Gasteiger partial charge in [0.2, 0.25) is 0 Å². The molecule has 1 atom stereocenters. The first kappa shape index (κ1) is 12.2. The van der Waals surface area contributed by atoms with E-state index >= 15 is 0 Å². The molecule has 0 N–H and O–H groups in total. The Hall–Kier alpha value is -0.860. The number of hydrogen-bond donors (Lipinski definition) is 0. The van der Waals surface area contributed by atoms with E-state index in [1.165, 1.54) is 0 Å². The first-order chi connectivity index (χ1) is 6.96. The summed E-state index contributed by atoms with van der Waals surface area (Å²) in [6.07, 6.45) is 2.95. The third-order valence-corrected chi connectivity index (χ3v) is 3.12. The standard InChI is InChI=1S/C12H20O3/c1-4-15-11(14)9-5-7-12(2,3)8-6-10(9)13/h9H,4-8H2,1-3H3. The van der Waals surface area contributed by atoms with Crippen molar-refractivity contribution in [1.82, 2.24) is 0 Å². The fourth-order valence-electron chi connectivity index (χ4n) is 1.95. The predicted molar refractivity (Wildman–Crippen MR) is 57.4 cm³/mol. The molecule has 0 spiro atoms. The average molecular weight is 212 g/mol. The molecule has 1 fully saturated rings. The van der Waals surface area contributed by atoms with E-state index in [4.69, 9.17) is 4.74 Å². The lowest BCUT2D eigenvalue weighted by atomic mass is 9.85. The van der Waals surface area contributed by atoms with E-state index in [0.29, 0.717) is 19.4 Å². The molecule has 0 radical (unpaired) electrons. The molecule has 1 unspecified atom stereocenters. The summed E-state index contributed by atoms with van der Waals surface area (Å²) in [5.74, 6) is -0.786. The van der Waals surface area contributed by atoms with Crippen LogP contribution in [0, 0.1) is 11.3 Å². The lowest BCUT2D eigenvalue weighted by molar-refractivity contribution is -0.151. The van der Waals surface area contributed by atoms with Crippen molar-refractivity contribution in [2.24, 2.45) is 11.3 Å². The summed E-state index contributed by atoms with van der Waals surface area (Å²) >= 11 is 0. The van der Waals surface area contributed by atoms with Crippen molar-refractivity contribution in [3.63, 3.8) is 0 Å². The minimum Gasteiger partial charge on any atom is -0.465 e. The molecule has 1 rings (SSSR count). The van der Waals surface area contributed by atoms with Crippen molar-refractivity contribution >= 4 is 11.8 Å². The SMILES string of the molecule is CCOC(=O)C1CCC(C)(C)CCC1=O. The Labute approximate surface area is 91.2 Å². The maximum atomic E-state index is 11.7. The molecule has 3 nitrogen and oxygen atoms in total. The molecule has 0 aliphatic heterocycles. The van der Waals surface area contributed by atoms with Crippen LogP contribution < -0.4 is 0 Å². The van der Waals surface area contributed by atoms with E-state index < -0.39 is 5.92 Å². The van der Waals surface area contributed by atoms with Crippen LogP contribution in [0.4, 0.5) is 0 Å².